The van der Waals surface area contributed by atoms with E-state index in [1.165, 1.54) is 23.1 Å². The van der Waals surface area contributed by atoms with Crippen LogP contribution in [0.1, 0.15) is 25.0 Å². The molecule has 3 aliphatic rings. The van der Waals surface area contributed by atoms with Gasteiger partial charge in [0.15, 0.2) is 11.5 Å². The fourth-order valence-corrected chi connectivity index (χ4v) is 5.84. The zero-order valence-electron chi connectivity index (χ0n) is 20.1. The Kier molecular flexibility index (Phi) is 5.55. The molecule has 0 radical (unpaired) electrons. The van der Waals surface area contributed by atoms with Crippen LogP contribution < -0.4 is 20.1 Å². The van der Waals surface area contributed by atoms with Crippen molar-refractivity contribution in [1.82, 2.24) is 10.2 Å². The average Bonchev–Trinajstić information content (AvgIpc) is 3.43. The van der Waals surface area contributed by atoms with Gasteiger partial charge < -0.3 is 14.8 Å². The van der Waals surface area contributed by atoms with Gasteiger partial charge in [0.2, 0.25) is 17.7 Å². The number of nitrogens with zero attached hydrogens (tertiary/aromatic N) is 1. The lowest BCUT2D eigenvalue weighted by Crippen LogP contribution is -2.54. The molecule has 3 amide bonds. The lowest BCUT2D eigenvalue weighted by atomic mass is 9.76. The Balaban J connectivity index is 1.49. The zero-order chi connectivity index (χ0) is 25.1. The third-order valence-corrected chi connectivity index (χ3v) is 7.49. The number of hydrogen-bond acceptors (Lipinski definition) is 6. The number of anilines is 1. The Bertz CT molecular complexity index is 1230. The van der Waals surface area contributed by atoms with Gasteiger partial charge >= 0.3 is 0 Å². The normalized spacial score (nSPS) is 27.0. The predicted octanol–water partition coefficient (Wildman–Crippen LogP) is 2.46. The van der Waals surface area contributed by atoms with Crippen molar-refractivity contribution in [2.24, 2.45) is 17.8 Å². The summed E-state index contributed by atoms with van der Waals surface area (Å²) in [6.07, 6.45) is 0.418. The Labute approximate surface area is 202 Å². The van der Waals surface area contributed by atoms with E-state index in [4.69, 9.17) is 9.47 Å². The Morgan fingerprint density at radius 3 is 2.46 bits per heavy atom. The molecule has 2 aromatic carbocycles. The second-order valence-corrected chi connectivity index (χ2v) is 9.64. The highest BCUT2D eigenvalue weighted by molar-refractivity contribution is 6.15. The van der Waals surface area contributed by atoms with Gasteiger partial charge in [-0.2, -0.15) is 0 Å². The molecule has 4 atom stereocenters. The zero-order valence-corrected chi connectivity index (χ0v) is 20.1. The van der Waals surface area contributed by atoms with Crippen molar-refractivity contribution in [2.45, 2.75) is 31.8 Å². The van der Waals surface area contributed by atoms with E-state index >= 15 is 0 Å². The standard InChI is InChI=1S/C26H28FN3O5/c1-13(2)22-20-21(26(29-22)16-12-15(27)6-7-17(16)28-25(26)33)24(32)30(23(20)31)10-9-14-5-8-18(34-3)19(11-14)35-4/h5-8,11-13,20-22,29H,9-10H2,1-4H3,(H,28,33)/t20-,21-,22?,26?/m1/s1. The molecular weight excluding hydrogens is 453 g/mol. The van der Waals surface area contributed by atoms with Crippen LogP contribution in [0, 0.1) is 23.6 Å². The van der Waals surface area contributed by atoms with E-state index in [9.17, 15) is 18.8 Å². The van der Waals surface area contributed by atoms with Crippen molar-refractivity contribution in [2.75, 3.05) is 26.1 Å². The van der Waals surface area contributed by atoms with E-state index in [2.05, 4.69) is 10.6 Å². The third kappa shape index (κ3) is 3.32. The summed E-state index contributed by atoms with van der Waals surface area (Å²) in [6, 6.07) is 9.07. The lowest BCUT2D eigenvalue weighted by Gasteiger charge is -2.30. The maximum absolute atomic E-state index is 14.3. The molecule has 0 bridgehead atoms. The maximum atomic E-state index is 14.3. The van der Waals surface area contributed by atoms with Crippen LogP contribution in [0.5, 0.6) is 11.5 Å². The van der Waals surface area contributed by atoms with Crippen LogP contribution in [-0.2, 0) is 26.3 Å². The number of carbonyl (C=O) groups is 3. The van der Waals surface area contributed by atoms with Crippen LogP contribution in [0.15, 0.2) is 36.4 Å². The van der Waals surface area contributed by atoms with Gasteiger partial charge in [0, 0.05) is 23.8 Å². The van der Waals surface area contributed by atoms with Gasteiger partial charge in [-0.05, 0) is 48.2 Å². The minimum absolute atomic E-state index is 0.0326. The quantitative estimate of drug-likeness (QED) is 0.616. The highest BCUT2D eigenvalue weighted by atomic mass is 19.1. The van der Waals surface area contributed by atoms with Gasteiger partial charge in [0.05, 0.1) is 26.1 Å². The van der Waals surface area contributed by atoms with Gasteiger partial charge in [-0.15, -0.1) is 0 Å². The first-order chi connectivity index (χ1) is 16.7. The molecule has 0 saturated carbocycles. The van der Waals surface area contributed by atoms with Crippen LogP contribution >= 0.6 is 0 Å². The second kappa shape index (κ2) is 8.34. The van der Waals surface area contributed by atoms with E-state index < -0.39 is 41.0 Å². The molecule has 8 nitrogen and oxygen atoms in total. The first-order valence-corrected chi connectivity index (χ1v) is 11.7. The molecule has 0 aliphatic carbocycles. The molecule has 2 N–H and O–H groups in total. The first-order valence-electron chi connectivity index (χ1n) is 11.7. The number of benzene rings is 2. The van der Waals surface area contributed by atoms with Gasteiger partial charge in [0.25, 0.3) is 0 Å². The molecule has 5 rings (SSSR count). The van der Waals surface area contributed by atoms with Crippen molar-refractivity contribution in [3.05, 3.63) is 53.3 Å². The van der Waals surface area contributed by atoms with Gasteiger partial charge in [0.1, 0.15) is 11.4 Å². The molecular formula is C26H28FN3O5. The fourth-order valence-electron chi connectivity index (χ4n) is 5.84. The van der Waals surface area contributed by atoms with Crippen LogP contribution in [0.25, 0.3) is 0 Å². The molecule has 3 heterocycles. The van der Waals surface area contributed by atoms with Crippen LogP contribution in [0.2, 0.25) is 0 Å². The number of amides is 3. The van der Waals surface area contributed by atoms with Crippen molar-refractivity contribution in [3.63, 3.8) is 0 Å². The minimum atomic E-state index is -1.48. The summed E-state index contributed by atoms with van der Waals surface area (Å²) in [5.74, 6) is -2.20. The predicted molar refractivity (Wildman–Crippen MR) is 125 cm³/mol. The molecule has 184 valence electrons. The highest BCUT2D eigenvalue weighted by Gasteiger charge is 2.70. The smallest absolute Gasteiger partial charge is 0.250 e. The van der Waals surface area contributed by atoms with Crippen molar-refractivity contribution < 1.29 is 28.2 Å². The number of ether oxygens (including phenoxy) is 2. The van der Waals surface area contributed by atoms with Crippen LogP contribution in [0.3, 0.4) is 0 Å². The molecule has 35 heavy (non-hydrogen) atoms. The number of hydrogen-bond donors (Lipinski definition) is 2. The summed E-state index contributed by atoms with van der Waals surface area (Å²) in [6.45, 7) is 4.05. The summed E-state index contributed by atoms with van der Waals surface area (Å²) < 4.78 is 24.9. The Morgan fingerprint density at radius 1 is 1.03 bits per heavy atom. The van der Waals surface area contributed by atoms with Crippen molar-refractivity contribution in [3.8, 4) is 11.5 Å². The number of methoxy groups -OCH3 is 2. The number of imide groups is 1. The monoisotopic (exact) mass is 481 g/mol. The summed E-state index contributed by atoms with van der Waals surface area (Å²) in [7, 11) is 3.10. The first kappa shape index (κ1) is 23.3. The summed E-state index contributed by atoms with van der Waals surface area (Å²) in [5.41, 5.74) is 0.223. The van der Waals surface area contributed by atoms with E-state index in [1.54, 1.807) is 20.3 Å². The van der Waals surface area contributed by atoms with Crippen molar-refractivity contribution >= 4 is 23.4 Å². The third-order valence-electron chi connectivity index (χ3n) is 7.49. The van der Waals surface area contributed by atoms with E-state index in [0.717, 1.165) is 5.56 Å². The number of carbonyl (C=O) groups excluding carboxylic acids is 3. The minimum Gasteiger partial charge on any atom is -0.493 e. The topological polar surface area (TPSA) is 97.0 Å². The molecule has 2 fully saturated rings. The molecule has 2 saturated heterocycles. The second-order valence-electron chi connectivity index (χ2n) is 9.64. The van der Waals surface area contributed by atoms with E-state index in [0.29, 0.717) is 29.2 Å². The summed E-state index contributed by atoms with van der Waals surface area (Å²) >= 11 is 0. The SMILES string of the molecule is COc1ccc(CCN2C(=O)[C@H]3C(C(C)C)NC4(C(=O)Nc5ccc(F)cc54)[C@H]3C2=O)cc1OC. The molecule has 2 unspecified atom stereocenters. The summed E-state index contributed by atoms with van der Waals surface area (Å²) in [5, 5.41) is 6.09. The van der Waals surface area contributed by atoms with Gasteiger partial charge in [-0.3, -0.25) is 24.6 Å². The number of halogens is 1. The number of likely N-dealkylation sites (tertiary alicyclic amines) is 1. The van der Waals surface area contributed by atoms with Crippen LogP contribution in [-0.4, -0.2) is 49.4 Å². The molecule has 2 aromatic rings. The largest absolute Gasteiger partial charge is 0.493 e. The Morgan fingerprint density at radius 2 is 1.77 bits per heavy atom. The van der Waals surface area contributed by atoms with E-state index in [-0.39, 0.29) is 18.4 Å². The Hall–Kier alpha value is -3.46. The summed E-state index contributed by atoms with van der Waals surface area (Å²) in [4.78, 5) is 42.0. The number of fused-ring (bicyclic) bond motifs is 4. The van der Waals surface area contributed by atoms with Gasteiger partial charge in [-0.25, -0.2) is 4.39 Å². The van der Waals surface area contributed by atoms with Crippen LogP contribution in [0.4, 0.5) is 10.1 Å². The van der Waals surface area contributed by atoms with Gasteiger partial charge in [-0.1, -0.05) is 19.9 Å². The average molecular weight is 482 g/mol. The molecule has 9 heteroatoms. The fraction of sp³-hybridized carbons (Fsp3) is 0.423. The molecule has 3 aliphatic heterocycles. The van der Waals surface area contributed by atoms with Crippen molar-refractivity contribution in [1.29, 1.82) is 0 Å². The molecule has 1 spiro atoms. The lowest BCUT2D eigenvalue weighted by molar-refractivity contribution is -0.142. The highest BCUT2D eigenvalue weighted by Crippen LogP contribution is 2.54. The number of rotatable bonds is 6. The maximum Gasteiger partial charge on any atom is 0.250 e. The van der Waals surface area contributed by atoms with E-state index in [1.807, 2.05) is 26.0 Å². The number of nitrogens with one attached hydrogen (secondary N) is 2. The molecule has 0 aromatic heterocycles.